The molecule has 1 unspecified atom stereocenters. The van der Waals surface area contributed by atoms with Crippen LogP contribution in [-0.2, 0) is 4.79 Å². The molecule has 1 aromatic rings. The normalized spacial score (nSPS) is 12.6. The molecule has 0 spiro atoms. The molecule has 1 aromatic carbocycles. The monoisotopic (exact) mass is 230 g/mol. The number of ether oxygens (including phenoxy) is 1. The van der Waals surface area contributed by atoms with E-state index in [1.54, 1.807) is 0 Å². The number of rotatable bonds is 4. The Morgan fingerprint density at radius 3 is 2.50 bits per heavy atom. The maximum atomic E-state index is 12.6. The molecule has 0 aliphatic rings. The number of carboxylic acids is 1. The fraction of sp³-hybridized carbons (Fsp3) is 0.364. The Kier molecular flexibility index (Phi) is 3.82. The molecule has 0 fully saturated rings. The molecule has 0 aliphatic carbocycles. The van der Waals surface area contributed by atoms with Crippen LogP contribution >= 0.6 is 0 Å². The molecular formula is C11H12F2O3. The molecule has 0 heterocycles. The zero-order valence-corrected chi connectivity index (χ0v) is 8.91. The van der Waals surface area contributed by atoms with Crippen LogP contribution in [0.1, 0.15) is 30.4 Å². The quantitative estimate of drug-likeness (QED) is 0.865. The second-order valence-corrected chi connectivity index (χ2v) is 3.36. The zero-order chi connectivity index (χ0) is 12.3. The van der Waals surface area contributed by atoms with E-state index in [0.717, 1.165) is 0 Å². The number of methoxy groups -OCH3 is 1. The number of alkyl halides is 2. The molecule has 5 heteroatoms. The number of benzene rings is 1. The van der Waals surface area contributed by atoms with E-state index in [-0.39, 0.29) is 11.3 Å². The van der Waals surface area contributed by atoms with E-state index in [1.807, 2.05) is 0 Å². The molecule has 1 N–H and O–H groups in total. The number of carboxylic acid groups (broad SMARTS) is 1. The van der Waals surface area contributed by atoms with E-state index >= 15 is 0 Å². The van der Waals surface area contributed by atoms with Gasteiger partial charge in [-0.25, -0.2) is 8.78 Å². The average Bonchev–Trinajstić information content (AvgIpc) is 2.26. The van der Waals surface area contributed by atoms with Gasteiger partial charge in [-0.1, -0.05) is 6.07 Å². The Labute approximate surface area is 91.7 Å². The maximum Gasteiger partial charge on any atom is 0.310 e. The Bertz CT molecular complexity index is 391. The van der Waals surface area contributed by atoms with Crippen LogP contribution in [0, 0.1) is 0 Å². The first kappa shape index (κ1) is 12.4. The molecule has 0 amide bonds. The molecule has 88 valence electrons. The lowest BCUT2D eigenvalue weighted by molar-refractivity contribution is -0.138. The van der Waals surface area contributed by atoms with Crippen LogP contribution in [0.5, 0.6) is 5.75 Å². The second kappa shape index (κ2) is 4.92. The highest BCUT2D eigenvalue weighted by Gasteiger charge is 2.19. The van der Waals surface area contributed by atoms with Crippen molar-refractivity contribution in [2.45, 2.75) is 19.3 Å². The van der Waals surface area contributed by atoms with Gasteiger partial charge in [0.25, 0.3) is 6.43 Å². The van der Waals surface area contributed by atoms with Crippen molar-refractivity contribution in [2.24, 2.45) is 0 Å². The number of hydrogen-bond donors (Lipinski definition) is 1. The SMILES string of the molecule is COc1ccc(C(C)C(=O)O)cc1C(F)F. The number of carbonyl (C=O) groups is 1. The Morgan fingerprint density at radius 1 is 1.44 bits per heavy atom. The van der Waals surface area contributed by atoms with Gasteiger partial charge in [-0.05, 0) is 24.6 Å². The van der Waals surface area contributed by atoms with Crippen molar-refractivity contribution in [3.05, 3.63) is 29.3 Å². The minimum Gasteiger partial charge on any atom is -0.496 e. The van der Waals surface area contributed by atoms with Gasteiger partial charge in [0.2, 0.25) is 0 Å². The molecule has 16 heavy (non-hydrogen) atoms. The van der Waals surface area contributed by atoms with Gasteiger partial charge in [0.1, 0.15) is 5.75 Å². The number of aliphatic carboxylic acids is 1. The van der Waals surface area contributed by atoms with Crippen molar-refractivity contribution in [2.75, 3.05) is 7.11 Å². The summed E-state index contributed by atoms with van der Waals surface area (Å²) in [6.07, 6.45) is -2.68. The zero-order valence-electron chi connectivity index (χ0n) is 8.91. The van der Waals surface area contributed by atoms with Crippen LogP contribution < -0.4 is 4.74 Å². The molecule has 0 saturated carbocycles. The van der Waals surface area contributed by atoms with E-state index in [1.165, 1.54) is 32.2 Å². The largest absolute Gasteiger partial charge is 0.496 e. The lowest BCUT2D eigenvalue weighted by Gasteiger charge is -2.12. The summed E-state index contributed by atoms with van der Waals surface area (Å²) in [5.74, 6) is -1.80. The summed E-state index contributed by atoms with van der Waals surface area (Å²) in [6.45, 7) is 1.44. The Hall–Kier alpha value is -1.65. The van der Waals surface area contributed by atoms with Gasteiger partial charge in [0.15, 0.2) is 0 Å². The third kappa shape index (κ3) is 2.48. The van der Waals surface area contributed by atoms with Gasteiger partial charge in [-0.15, -0.1) is 0 Å². The molecule has 0 radical (unpaired) electrons. The first-order chi connectivity index (χ1) is 7.47. The Morgan fingerprint density at radius 2 is 2.06 bits per heavy atom. The molecule has 0 aliphatic heterocycles. The van der Waals surface area contributed by atoms with E-state index in [9.17, 15) is 13.6 Å². The maximum absolute atomic E-state index is 12.6. The van der Waals surface area contributed by atoms with Crippen LogP contribution in [-0.4, -0.2) is 18.2 Å². The predicted molar refractivity (Wildman–Crippen MR) is 54.0 cm³/mol. The third-order valence-corrected chi connectivity index (χ3v) is 2.36. The van der Waals surface area contributed by atoms with E-state index in [0.29, 0.717) is 5.56 Å². The van der Waals surface area contributed by atoms with Crippen LogP contribution in [0.2, 0.25) is 0 Å². The summed E-state index contributed by atoms with van der Waals surface area (Å²) in [5.41, 5.74) is 0.0525. The lowest BCUT2D eigenvalue weighted by Crippen LogP contribution is -2.08. The number of hydrogen-bond acceptors (Lipinski definition) is 2. The van der Waals surface area contributed by atoms with Gasteiger partial charge < -0.3 is 9.84 Å². The highest BCUT2D eigenvalue weighted by molar-refractivity contribution is 5.75. The van der Waals surface area contributed by atoms with Crippen LogP contribution in [0.15, 0.2) is 18.2 Å². The molecule has 1 rings (SSSR count). The van der Waals surface area contributed by atoms with Crippen LogP contribution in [0.25, 0.3) is 0 Å². The molecular weight excluding hydrogens is 218 g/mol. The Balaban J connectivity index is 3.16. The van der Waals surface area contributed by atoms with Gasteiger partial charge in [-0.3, -0.25) is 4.79 Å². The van der Waals surface area contributed by atoms with Crippen molar-refractivity contribution in [1.82, 2.24) is 0 Å². The van der Waals surface area contributed by atoms with Crippen LogP contribution in [0.4, 0.5) is 8.78 Å². The number of halogens is 2. The van der Waals surface area contributed by atoms with Crippen molar-refractivity contribution < 1.29 is 23.4 Å². The summed E-state index contributed by atoms with van der Waals surface area (Å²) in [5, 5.41) is 8.77. The van der Waals surface area contributed by atoms with Crippen LogP contribution in [0.3, 0.4) is 0 Å². The summed E-state index contributed by atoms with van der Waals surface area (Å²) < 4.78 is 30.0. The standard InChI is InChI=1S/C11H12F2O3/c1-6(11(14)15)7-3-4-9(16-2)8(5-7)10(12)13/h3-6,10H,1-2H3,(H,14,15). The topological polar surface area (TPSA) is 46.5 Å². The fourth-order valence-corrected chi connectivity index (χ4v) is 1.34. The fourth-order valence-electron chi connectivity index (χ4n) is 1.34. The van der Waals surface area contributed by atoms with Crippen molar-refractivity contribution in [1.29, 1.82) is 0 Å². The molecule has 0 aromatic heterocycles. The smallest absolute Gasteiger partial charge is 0.310 e. The van der Waals surface area contributed by atoms with E-state index in [4.69, 9.17) is 9.84 Å². The summed E-state index contributed by atoms with van der Waals surface area (Å²) in [4.78, 5) is 10.7. The minimum absolute atomic E-state index is 0.0661. The van der Waals surface area contributed by atoms with E-state index < -0.39 is 18.3 Å². The molecule has 0 bridgehead atoms. The predicted octanol–water partition coefficient (Wildman–Crippen LogP) is 2.82. The van der Waals surface area contributed by atoms with Gasteiger partial charge in [0, 0.05) is 0 Å². The highest BCUT2D eigenvalue weighted by Crippen LogP contribution is 2.31. The average molecular weight is 230 g/mol. The summed E-state index contributed by atoms with van der Waals surface area (Å²) >= 11 is 0. The van der Waals surface area contributed by atoms with Crippen molar-refractivity contribution in [3.8, 4) is 5.75 Å². The highest BCUT2D eigenvalue weighted by atomic mass is 19.3. The first-order valence-corrected chi connectivity index (χ1v) is 4.66. The minimum atomic E-state index is -2.68. The van der Waals surface area contributed by atoms with Crippen molar-refractivity contribution in [3.63, 3.8) is 0 Å². The first-order valence-electron chi connectivity index (χ1n) is 4.66. The third-order valence-electron chi connectivity index (χ3n) is 2.36. The van der Waals surface area contributed by atoms with Gasteiger partial charge in [-0.2, -0.15) is 0 Å². The summed E-state index contributed by atoms with van der Waals surface area (Å²) in [7, 11) is 1.29. The van der Waals surface area contributed by atoms with Gasteiger partial charge >= 0.3 is 5.97 Å². The molecule has 3 nitrogen and oxygen atoms in total. The van der Waals surface area contributed by atoms with E-state index in [2.05, 4.69) is 0 Å². The van der Waals surface area contributed by atoms with Crippen molar-refractivity contribution >= 4 is 5.97 Å². The molecule has 0 saturated heterocycles. The van der Waals surface area contributed by atoms with Gasteiger partial charge in [0.05, 0.1) is 18.6 Å². The molecule has 1 atom stereocenters. The second-order valence-electron chi connectivity index (χ2n) is 3.36. The summed E-state index contributed by atoms with van der Waals surface area (Å²) in [6, 6.07) is 4.00. The lowest BCUT2D eigenvalue weighted by atomic mass is 9.99.